The number of carbonyl (C=O) groups excluding carboxylic acids is 1. The van der Waals surface area contributed by atoms with Gasteiger partial charge in [0.2, 0.25) is 0 Å². The van der Waals surface area contributed by atoms with Gasteiger partial charge in [0.25, 0.3) is 5.91 Å². The number of amides is 1. The Morgan fingerprint density at radius 2 is 2.00 bits per heavy atom. The van der Waals surface area contributed by atoms with Crippen molar-refractivity contribution in [3.8, 4) is 0 Å². The molecule has 4 heteroatoms. The minimum absolute atomic E-state index is 0.286. The van der Waals surface area contributed by atoms with Crippen LogP contribution >= 0.6 is 0 Å². The molecule has 1 aromatic carbocycles. The molecule has 1 rings (SSSR count). The van der Waals surface area contributed by atoms with Crippen molar-refractivity contribution in [1.29, 1.82) is 0 Å². The van der Waals surface area contributed by atoms with E-state index in [0.717, 1.165) is 12.0 Å². The van der Waals surface area contributed by atoms with Crippen LogP contribution < -0.4 is 5.32 Å². The second-order valence-electron chi connectivity index (χ2n) is 4.38. The molecule has 94 valence electrons. The standard InChI is InChI=1S/C13H19NO3/c1-3-10-5-4-6-11(7-10)12(17)14-13(2,8-15)9-16/h4-7,15-16H,3,8-9H2,1-2H3,(H,14,17). The van der Waals surface area contributed by atoms with Crippen LogP contribution in [0.2, 0.25) is 0 Å². The van der Waals surface area contributed by atoms with Crippen molar-refractivity contribution in [2.45, 2.75) is 25.8 Å². The van der Waals surface area contributed by atoms with Crippen molar-refractivity contribution >= 4 is 5.91 Å². The SMILES string of the molecule is CCc1cccc(C(=O)NC(C)(CO)CO)c1. The highest BCUT2D eigenvalue weighted by Crippen LogP contribution is 2.08. The van der Waals surface area contributed by atoms with E-state index in [4.69, 9.17) is 10.2 Å². The van der Waals surface area contributed by atoms with E-state index in [1.165, 1.54) is 0 Å². The molecule has 4 nitrogen and oxygen atoms in total. The summed E-state index contributed by atoms with van der Waals surface area (Å²) in [6.45, 7) is 3.00. The molecule has 0 bridgehead atoms. The molecule has 0 atom stereocenters. The van der Waals surface area contributed by atoms with Crippen LogP contribution in [0.5, 0.6) is 0 Å². The Hall–Kier alpha value is -1.39. The lowest BCUT2D eigenvalue weighted by Crippen LogP contribution is -2.51. The van der Waals surface area contributed by atoms with Crippen LogP contribution in [0.1, 0.15) is 29.8 Å². The second-order valence-corrected chi connectivity index (χ2v) is 4.38. The molecule has 0 heterocycles. The van der Waals surface area contributed by atoms with Crippen molar-refractivity contribution < 1.29 is 15.0 Å². The molecule has 0 aliphatic carbocycles. The molecule has 0 aliphatic rings. The van der Waals surface area contributed by atoms with Gasteiger partial charge in [-0.1, -0.05) is 19.1 Å². The van der Waals surface area contributed by atoms with Gasteiger partial charge in [0, 0.05) is 5.56 Å². The number of nitrogens with one attached hydrogen (secondary N) is 1. The van der Waals surface area contributed by atoms with Crippen molar-refractivity contribution in [3.05, 3.63) is 35.4 Å². The van der Waals surface area contributed by atoms with Gasteiger partial charge in [0.05, 0.1) is 18.8 Å². The van der Waals surface area contributed by atoms with Crippen molar-refractivity contribution in [1.82, 2.24) is 5.32 Å². The minimum atomic E-state index is -0.987. The summed E-state index contributed by atoms with van der Waals surface area (Å²) in [6.07, 6.45) is 0.860. The van der Waals surface area contributed by atoms with Crippen LogP contribution in [0, 0.1) is 0 Å². The molecular weight excluding hydrogens is 218 g/mol. The number of hydrogen-bond donors (Lipinski definition) is 3. The third-order valence-corrected chi connectivity index (χ3v) is 2.71. The topological polar surface area (TPSA) is 69.6 Å². The first-order valence-electron chi connectivity index (χ1n) is 5.68. The Kier molecular flexibility index (Phi) is 4.66. The highest BCUT2D eigenvalue weighted by Gasteiger charge is 2.25. The van der Waals surface area contributed by atoms with Gasteiger partial charge in [0.1, 0.15) is 0 Å². The molecule has 0 aromatic heterocycles. The summed E-state index contributed by atoms with van der Waals surface area (Å²) in [5.74, 6) is -0.286. The first-order valence-corrected chi connectivity index (χ1v) is 5.68. The summed E-state index contributed by atoms with van der Waals surface area (Å²) in [7, 11) is 0. The molecule has 1 aromatic rings. The first kappa shape index (κ1) is 13.7. The maximum absolute atomic E-state index is 11.9. The van der Waals surface area contributed by atoms with Gasteiger partial charge in [0.15, 0.2) is 0 Å². The summed E-state index contributed by atoms with van der Waals surface area (Å²) in [4.78, 5) is 11.9. The van der Waals surface area contributed by atoms with Crippen LogP contribution in [0.15, 0.2) is 24.3 Å². The van der Waals surface area contributed by atoms with Crippen molar-refractivity contribution in [3.63, 3.8) is 0 Å². The van der Waals surface area contributed by atoms with E-state index >= 15 is 0 Å². The lowest BCUT2D eigenvalue weighted by molar-refractivity contribution is 0.0724. The quantitative estimate of drug-likeness (QED) is 0.707. The second kappa shape index (κ2) is 5.80. The lowest BCUT2D eigenvalue weighted by Gasteiger charge is -2.26. The van der Waals surface area contributed by atoms with Crippen LogP contribution in [-0.2, 0) is 6.42 Å². The molecule has 17 heavy (non-hydrogen) atoms. The van der Waals surface area contributed by atoms with Crippen molar-refractivity contribution in [2.24, 2.45) is 0 Å². The van der Waals surface area contributed by atoms with E-state index in [1.807, 2.05) is 25.1 Å². The van der Waals surface area contributed by atoms with Gasteiger partial charge in [-0.05, 0) is 31.0 Å². The molecule has 1 amide bonds. The summed E-state index contributed by atoms with van der Waals surface area (Å²) >= 11 is 0. The summed E-state index contributed by atoms with van der Waals surface area (Å²) in [5, 5.41) is 20.8. The fourth-order valence-electron chi connectivity index (χ4n) is 1.41. The number of hydrogen-bond acceptors (Lipinski definition) is 3. The van der Waals surface area contributed by atoms with E-state index in [-0.39, 0.29) is 19.1 Å². The minimum Gasteiger partial charge on any atom is -0.394 e. The highest BCUT2D eigenvalue weighted by molar-refractivity contribution is 5.94. The zero-order valence-corrected chi connectivity index (χ0v) is 10.2. The fourth-order valence-corrected chi connectivity index (χ4v) is 1.41. The van der Waals surface area contributed by atoms with Crippen molar-refractivity contribution in [2.75, 3.05) is 13.2 Å². The zero-order valence-electron chi connectivity index (χ0n) is 10.2. The average Bonchev–Trinajstić information content (AvgIpc) is 2.38. The molecule has 0 radical (unpaired) electrons. The Balaban J connectivity index is 2.82. The monoisotopic (exact) mass is 237 g/mol. The van der Waals surface area contributed by atoms with Gasteiger partial charge in [-0.25, -0.2) is 0 Å². The van der Waals surface area contributed by atoms with Gasteiger partial charge in [-0.3, -0.25) is 4.79 Å². The van der Waals surface area contributed by atoms with E-state index in [2.05, 4.69) is 5.32 Å². The number of rotatable bonds is 5. The molecule has 0 saturated heterocycles. The number of benzene rings is 1. The lowest BCUT2D eigenvalue weighted by atomic mass is 10.0. The van der Waals surface area contributed by atoms with E-state index in [1.54, 1.807) is 13.0 Å². The zero-order chi connectivity index (χ0) is 12.9. The molecule has 0 aliphatic heterocycles. The highest BCUT2D eigenvalue weighted by atomic mass is 16.3. The van der Waals surface area contributed by atoms with Gasteiger partial charge >= 0.3 is 0 Å². The van der Waals surface area contributed by atoms with E-state index in [0.29, 0.717) is 5.56 Å². The Morgan fingerprint density at radius 3 is 2.53 bits per heavy atom. The fraction of sp³-hybridized carbons (Fsp3) is 0.462. The third kappa shape index (κ3) is 3.54. The average molecular weight is 237 g/mol. The van der Waals surface area contributed by atoms with Gasteiger partial charge < -0.3 is 15.5 Å². The number of aliphatic hydroxyl groups excluding tert-OH is 2. The Morgan fingerprint density at radius 1 is 1.35 bits per heavy atom. The number of aliphatic hydroxyl groups is 2. The summed E-state index contributed by atoms with van der Waals surface area (Å²) < 4.78 is 0. The Bertz CT molecular complexity index is 386. The molecule has 0 fully saturated rings. The predicted octanol–water partition coefficient (Wildman–Crippen LogP) is 0.722. The number of carbonyl (C=O) groups is 1. The molecular formula is C13H19NO3. The third-order valence-electron chi connectivity index (χ3n) is 2.71. The van der Waals surface area contributed by atoms with Gasteiger partial charge in [-0.15, -0.1) is 0 Å². The van der Waals surface area contributed by atoms with Crippen LogP contribution in [0.4, 0.5) is 0 Å². The largest absolute Gasteiger partial charge is 0.394 e. The smallest absolute Gasteiger partial charge is 0.251 e. The predicted molar refractivity (Wildman–Crippen MR) is 65.9 cm³/mol. The molecule has 0 unspecified atom stereocenters. The maximum atomic E-state index is 11.9. The molecule has 0 saturated carbocycles. The van der Waals surface area contributed by atoms with Crippen LogP contribution in [-0.4, -0.2) is 34.9 Å². The van der Waals surface area contributed by atoms with Gasteiger partial charge in [-0.2, -0.15) is 0 Å². The van der Waals surface area contributed by atoms with Crippen LogP contribution in [0.25, 0.3) is 0 Å². The normalized spacial score (nSPS) is 11.3. The molecule has 0 spiro atoms. The maximum Gasteiger partial charge on any atom is 0.251 e. The van der Waals surface area contributed by atoms with E-state index < -0.39 is 5.54 Å². The summed E-state index contributed by atoms with van der Waals surface area (Å²) in [5.41, 5.74) is 0.629. The number of aryl methyl sites for hydroxylation is 1. The van der Waals surface area contributed by atoms with Crippen LogP contribution in [0.3, 0.4) is 0 Å². The Labute approximate surface area is 101 Å². The first-order chi connectivity index (χ1) is 8.04. The molecule has 3 N–H and O–H groups in total. The van der Waals surface area contributed by atoms with E-state index in [9.17, 15) is 4.79 Å². The summed E-state index contributed by atoms with van der Waals surface area (Å²) in [6, 6.07) is 7.30.